The molecule has 6 nitrogen and oxygen atoms in total. The molecule has 1 aromatic carbocycles. The van der Waals surface area contributed by atoms with Crippen LogP contribution in [-0.4, -0.2) is 35.4 Å². The number of aryl methyl sites for hydroxylation is 1. The molecule has 138 valence electrons. The number of benzene rings is 1. The molecule has 0 aliphatic heterocycles. The van der Waals surface area contributed by atoms with Crippen molar-refractivity contribution in [1.82, 2.24) is 5.32 Å². The molecule has 0 saturated heterocycles. The first-order valence-corrected chi connectivity index (χ1v) is 7.82. The average Bonchev–Trinajstić information content (AvgIpc) is 2.47. The van der Waals surface area contributed by atoms with Gasteiger partial charge in [-0.2, -0.15) is 0 Å². The van der Waals surface area contributed by atoms with E-state index < -0.39 is 30.8 Å². The van der Waals surface area contributed by atoms with Crippen LogP contribution in [0.1, 0.15) is 42.6 Å². The predicted molar refractivity (Wildman–Crippen MR) is 88.8 cm³/mol. The lowest BCUT2D eigenvalue weighted by Crippen LogP contribution is -2.42. The lowest BCUT2D eigenvalue weighted by atomic mass is 10.1. The highest BCUT2D eigenvalue weighted by Gasteiger charge is 2.24. The van der Waals surface area contributed by atoms with Gasteiger partial charge in [0.2, 0.25) is 12.3 Å². The Morgan fingerprint density at radius 3 is 2.32 bits per heavy atom. The second-order valence-corrected chi connectivity index (χ2v) is 6.17. The van der Waals surface area contributed by atoms with Gasteiger partial charge in [0.25, 0.3) is 5.91 Å². The van der Waals surface area contributed by atoms with Gasteiger partial charge in [-0.15, -0.1) is 0 Å². The Kier molecular flexibility index (Phi) is 7.47. The summed E-state index contributed by atoms with van der Waals surface area (Å²) < 4.78 is 24.7. The van der Waals surface area contributed by atoms with E-state index in [-0.39, 0.29) is 17.4 Å². The van der Waals surface area contributed by atoms with Crippen molar-refractivity contribution in [3.05, 3.63) is 29.3 Å². The van der Waals surface area contributed by atoms with Crippen molar-refractivity contribution in [1.29, 1.82) is 0 Å². The lowest BCUT2D eigenvalue weighted by molar-refractivity contribution is -0.140. The Labute approximate surface area is 144 Å². The first-order chi connectivity index (χ1) is 11.6. The summed E-state index contributed by atoms with van der Waals surface area (Å²) in [5.74, 6) is -2.24. The molecule has 1 aromatic rings. The third kappa shape index (κ3) is 6.86. The predicted octanol–water partition coefficient (Wildman–Crippen LogP) is 2.82. The van der Waals surface area contributed by atoms with Crippen LogP contribution in [0.3, 0.4) is 0 Å². The number of halogens is 2. The maximum Gasteiger partial charge on any atom is 0.326 e. The zero-order chi connectivity index (χ0) is 19.1. The van der Waals surface area contributed by atoms with E-state index in [0.29, 0.717) is 17.7 Å². The molecule has 0 aromatic heterocycles. The number of carboxylic acids is 1. The van der Waals surface area contributed by atoms with Gasteiger partial charge in [0, 0.05) is 24.1 Å². The van der Waals surface area contributed by atoms with Crippen molar-refractivity contribution in [2.75, 3.05) is 5.32 Å². The third-order valence-corrected chi connectivity index (χ3v) is 3.37. The fourth-order valence-corrected chi connectivity index (χ4v) is 2.16. The standard InChI is InChI=1S/C17H22F2N2O4/c1-9(2)6-15(22)20-12-5-4-11(7-10(12)3)16(23)21-13(17(24)25)8-14(18)19/h4-5,7,9,13-14H,6,8H2,1-3H3,(H,20,22)(H,21,23)(H,24,25). The SMILES string of the molecule is Cc1cc(C(=O)NC(CC(F)F)C(=O)O)ccc1NC(=O)CC(C)C. The number of nitrogens with one attached hydrogen (secondary N) is 2. The van der Waals surface area contributed by atoms with Crippen LogP contribution in [0.5, 0.6) is 0 Å². The summed E-state index contributed by atoms with van der Waals surface area (Å²) >= 11 is 0. The van der Waals surface area contributed by atoms with E-state index in [9.17, 15) is 23.2 Å². The van der Waals surface area contributed by atoms with Gasteiger partial charge < -0.3 is 15.7 Å². The number of carbonyl (C=O) groups is 3. The highest BCUT2D eigenvalue weighted by molar-refractivity contribution is 5.98. The molecule has 0 saturated carbocycles. The lowest BCUT2D eigenvalue weighted by Gasteiger charge is -2.15. The van der Waals surface area contributed by atoms with Crippen LogP contribution < -0.4 is 10.6 Å². The Morgan fingerprint density at radius 1 is 1.20 bits per heavy atom. The van der Waals surface area contributed by atoms with Crippen molar-refractivity contribution in [3.63, 3.8) is 0 Å². The quantitative estimate of drug-likeness (QED) is 0.667. The number of carbonyl (C=O) groups excluding carboxylic acids is 2. The van der Waals surface area contributed by atoms with Crippen LogP contribution in [0.2, 0.25) is 0 Å². The Balaban J connectivity index is 2.82. The molecule has 2 amide bonds. The number of aliphatic carboxylic acids is 1. The molecule has 0 fully saturated rings. The summed E-state index contributed by atoms with van der Waals surface area (Å²) in [7, 11) is 0. The minimum atomic E-state index is -2.85. The molecule has 0 heterocycles. The highest BCUT2D eigenvalue weighted by atomic mass is 19.3. The van der Waals surface area contributed by atoms with Crippen molar-refractivity contribution < 1.29 is 28.3 Å². The Bertz CT molecular complexity index is 648. The van der Waals surface area contributed by atoms with Gasteiger partial charge >= 0.3 is 5.97 Å². The summed E-state index contributed by atoms with van der Waals surface area (Å²) in [6.07, 6.45) is -3.46. The molecule has 0 bridgehead atoms. The van der Waals surface area contributed by atoms with Crippen molar-refractivity contribution in [2.45, 2.75) is 46.1 Å². The van der Waals surface area contributed by atoms with Crippen molar-refractivity contribution >= 4 is 23.5 Å². The van der Waals surface area contributed by atoms with Gasteiger partial charge in [-0.1, -0.05) is 13.8 Å². The van der Waals surface area contributed by atoms with Gasteiger partial charge in [0.15, 0.2) is 0 Å². The second kappa shape index (κ2) is 9.10. The summed E-state index contributed by atoms with van der Waals surface area (Å²) in [6, 6.07) is 2.71. The topological polar surface area (TPSA) is 95.5 Å². The normalized spacial score (nSPS) is 12.1. The molecule has 0 aliphatic carbocycles. The van der Waals surface area contributed by atoms with E-state index in [1.165, 1.54) is 18.2 Å². The Morgan fingerprint density at radius 2 is 1.84 bits per heavy atom. The van der Waals surface area contributed by atoms with Gasteiger partial charge in [-0.05, 0) is 36.6 Å². The van der Waals surface area contributed by atoms with E-state index in [1.54, 1.807) is 6.92 Å². The summed E-state index contributed by atoms with van der Waals surface area (Å²) in [6.45, 7) is 5.51. The smallest absolute Gasteiger partial charge is 0.326 e. The zero-order valence-corrected chi connectivity index (χ0v) is 14.3. The van der Waals surface area contributed by atoms with Crippen molar-refractivity contribution in [2.24, 2.45) is 5.92 Å². The first kappa shape index (κ1) is 20.5. The fraction of sp³-hybridized carbons (Fsp3) is 0.471. The fourth-order valence-electron chi connectivity index (χ4n) is 2.16. The van der Waals surface area contributed by atoms with Crippen LogP contribution in [0, 0.1) is 12.8 Å². The maximum atomic E-state index is 12.4. The van der Waals surface area contributed by atoms with Gasteiger partial charge in [-0.25, -0.2) is 13.6 Å². The molecule has 8 heteroatoms. The van der Waals surface area contributed by atoms with Gasteiger partial charge in [0.1, 0.15) is 6.04 Å². The summed E-state index contributed by atoms with van der Waals surface area (Å²) in [5.41, 5.74) is 1.26. The first-order valence-electron chi connectivity index (χ1n) is 7.82. The number of carboxylic acid groups (broad SMARTS) is 1. The van der Waals surface area contributed by atoms with E-state index in [0.717, 1.165) is 0 Å². The molecule has 0 spiro atoms. The maximum absolute atomic E-state index is 12.4. The molecular formula is C17H22F2N2O4. The summed E-state index contributed by atoms with van der Waals surface area (Å²) in [5, 5.41) is 13.7. The molecule has 3 N–H and O–H groups in total. The summed E-state index contributed by atoms with van der Waals surface area (Å²) in [4.78, 5) is 34.8. The minimum Gasteiger partial charge on any atom is -0.480 e. The molecular weight excluding hydrogens is 334 g/mol. The molecule has 0 aliphatic rings. The Hall–Kier alpha value is -2.51. The highest BCUT2D eigenvalue weighted by Crippen LogP contribution is 2.18. The van der Waals surface area contributed by atoms with Crippen LogP contribution in [-0.2, 0) is 9.59 Å². The molecule has 1 rings (SSSR count). The number of hydrogen-bond donors (Lipinski definition) is 3. The van der Waals surface area contributed by atoms with Crippen LogP contribution in [0.25, 0.3) is 0 Å². The van der Waals surface area contributed by atoms with E-state index in [4.69, 9.17) is 5.11 Å². The van der Waals surface area contributed by atoms with Crippen molar-refractivity contribution in [3.8, 4) is 0 Å². The van der Waals surface area contributed by atoms with E-state index >= 15 is 0 Å². The number of amides is 2. The molecule has 25 heavy (non-hydrogen) atoms. The van der Waals surface area contributed by atoms with Gasteiger partial charge in [-0.3, -0.25) is 9.59 Å². The zero-order valence-electron chi connectivity index (χ0n) is 14.3. The minimum absolute atomic E-state index is 0.125. The molecule has 0 radical (unpaired) electrons. The van der Waals surface area contributed by atoms with Crippen LogP contribution >= 0.6 is 0 Å². The molecule has 1 atom stereocenters. The average molecular weight is 356 g/mol. The largest absolute Gasteiger partial charge is 0.480 e. The second-order valence-electron chi connectivity index (χ2n) is 6.17. The number of hydrogen-bond acceptors (Lipinski definition) is 3. The van der Waals surface area contributed by atoms with Crippen LogP contribution in [0.15, 0.2) is 18.2 Å². The number of anilines is 1. The van der Waals surface area contributed by atoms with Crippen LogP contribution in [0.4, 0.5) is 14.5 Å². The number of alkyl halides is 2. The van der Waals surface area contributed by atoms with E-state index in [1.807, 2.05) is 13.8 Å². The molecule has 1 unspecified atom stereocenters. The monoisotopic (exact) mass is 356 g/mol. The van der Waals surface area contributed by atoms with E-state index in [2.05, 4.69) is 10.6 Å². The number of rotatable bonds is 8. The van der Waals surface area contributed by atoms with Gasteiger partial charge in [0.05, 0.1) is 0 Å². The third-order valence-electron chi connectivity index (χ3n) is 3.37.